The molecule has 1 aliphatic carbocycles. The van der Waals surface area contributed by atoms with Crippen molar-refractivity contribution in [3.05, 3.63) is 35.4 Å². The van der Waals surface area contributed by atoms with E-state index in [0.717, 1.165) is 19.4 Å². The molecule has 0 unspecified atom stereocenters. The molecule has 1 aliphatic rings. The van der Waals surface area contributed by atoms with Crippen molar-refractivity contribution >= 4 is 0 Å². The summed E-state index contributed by atoms with van der Waals surface area (Å²) in [7, 11) is 0. The van der Waals surface area contributed by atoms with Gasteiger partial charge in [-0.05, 0) is 36.5 Å². The minimum Gasteiger partial charge on any atom is -0.396 e. The predicted molar refractivity (Wildman–Crippen MR) is 80.0 cm³/mol. The van der Waals surface area contributed by atoms with Crippen LogP contribution in [0.2, 0.25) is 0 Å². The van der Waals surface area contributed by atoms with Gasteiger partial charge < -0.3 is 10.4 Å². The van der Waals surface area contributed by atoms with E-state index < -0.39 is 0 Å². The Kier molecular flexibility index (Phi) is 4.80. The summed E-state index contributed by atoms with van der Waals surface area (Å²) in [5.74, 6) is 0.501. The summed E-state index contributed by atoms with van der Waals surface area (Å²) < 4.78 is 0. The lowest BCUT2D eigenvalue weighted by molar-refractivity contribution is -0.0101. The summed E-state index contributed by atoms with van der Waals surface area (Å²) in [5, 5.41) is 22.2. The highest BCUT2D eigenvalue weighted by atomic mass is 16.3. The predicted octanol–water partition coefficient (Wildman–Crippen LogP) is 2.84. The smallest absolute Gasteiger partial charge is 0.0991 e. The summed E-state index contributed by atoms with van der Waals surface area (Å²) in [6, 6.07) is 10.2. The Labute approximate surface area is 121 Å². The molecule has 0 heterocycles. The van der Waals surface area contributed by atoms with E-state index in [1.54, 1.807) is 0 Å². The van der Waals surface area contributed by atoms with Gasteiger partial charge in [0.25, 0.3) is 0 Å². The molecule has 0 saturated heterocycles. The van der Waals surface area contributed by atoms with Crippen LogP contribution >= 0.6 is 0 Å². The van der Waals surface area contributed by atoms with Gasteiger partial charge in [0, 0.05) is 18.0 Å². The van der Waals surface area contributed by atoms with Crippen molar-refractivity contribution in [3.8, 4) is 6.07 Å². The molecule has 20 heavy (non-hydrogen) atoms. The number of aliphatic hydroxyl groups excluding tert-OH is 1. The number of hydrogen-bond donors (Lipinski definition) is 2. The Hall–Kier alpha value is -1.37. The fourth-order valence-electron chi connectivity index (χ4n) is 3.28. The van der Waals surface area contributed by atoms with E-state index in [0.29, 0.717) is 17.5 Å². The van der Waals surface area contributed by atoms with Crippen LogP contribution in [0.4, 0.5) is 0 Å². The first kappa shape index (κ1) is 15.0. The van der Waals surface area contributed by atoms with E-state index in [1.807, 2.05) is 24.3 Å². The van der Waals surface area contributed by atoms with Crippen molar-refractivity contribution in [2.24, 2.45) is 11.3 Å². The van der Waals surface area contributed by atoms with Gasteiger partial charge in [-0.3, -0.25) is 0 Å². The number of nitrogens with zero attached hydrogens (tertiary/aromatic N) is 1. The average Bonchev–Trinajstić information content (AvgIpc) is 2.41. The molecule has 3 nitrogen and oxygen atoms in total. The SMILES string of the molecule is CC(C)[C@H](NCc1ccc(C#N)cc1)C1(CO)CCC1. The third-order valence-electron chi connectivity index (χ3n) is 4.60. The molecule has 1 aromatic rings. The molecule has 0 bridgehead atoms. The second-order valence-electron chi connectivity index (χ2n) is 6.29. The summed E-state index contributed by atoms with van der Waals surface area (Å²) in [6.45, 7) is 5.49. The van der Waals surface area contributed by atoms with Gasteiger partial charge in [0.2, 0.25) is 0 Å². The van der Waals surface area contributed by atoms with Gasteiger partial charge in [-0.15, -0.1) is 0 Å². The Morgan fingerprint density at radius 3 is 2.35 bits per heavy atom. The van der Waals surface area contributed by atoms with Crippen molar-refractivity contribution in [1.82, 2.24) is 5.32 Å². The summed E-state index contributed by atoms with van der Waals surface area (Å²) in [6.07, 6.45) is 3.46. The van der Waals surface area contributed by atoms with E-state index in [-0.39, 0.29) is 12.0 Å². The maximum absolute atomic E-state index is 9.75. The molecule has 0 aromatic heterocycles. The van der Waals surface area contributed by atoms with Crippen LogP contribution in [0.5, 0.6) is 0 Å². The summed E-state index contributed by atoms with van der Waals surface area (Å²) in [5.41, 5.74) is 1.95. The van der Waals surface area contributed by atoms with Gasteiger partial charge in [-0.25, -0.2) is 0 Å². The molecule has 0 amide bonds. The molecule has 1 saturated carbocycles. The maximum Gasteiger partial charge on any atom is 0.0991 e. The quantitative estimate of drug-likeness (QED) is 0.837. The highest BCUT2D eigenvalue weighted by molar-refractivity contribution is 5.31. The molecule has 1 fully saturated rings. The van der Waals surface area contributed by atoms with Crippen LogP contribution in [0.1, 0.15) is 44.2 Å². The molecular weight excluding hydrogens is 248 g/mol. The van der Waals surface area contributed by atoms with Gasteiger partial charge in [0.15, 0.2) is 0 Å². The first-order valence-electron chi connectivity index (χ1n) is 7.44. The first-order valence-corrected chi connectivity index (χ1v) is 7.44. The van der Waals surface area contributed by atoms with Crippen molar-refractivity contribution in [2.75, 3.05) is 6.61 Å². The molecule has 0 spiro atoms. The van der Waals surface area contributed by atoms with Crippen LogP contribution in [-0.2, 0) is 6.54 Å². The fourth-order valence-corrected chi connectivity index (χ4v) is 3.28. The normalized spacial score (nSPS) is 18.4. The zero-order valence-electron chi connectivity index (χ0n) is 12.4. The number of hydrogen-bond acceptors (Lipinski definition) is 3. The van der Waals surface area contributed by atoms with Crippen molar-refractivity contribution in [1.29, 1.82) is 5.26 Å². The molecule has 1 aromatic carbocycles. The van der Waals surface area contributed by atoms with E-state index >= 15 is 0 Å². The van der Waals surface area contributed by atoms with Crippen LogP contribution in [0.15, 0.2) is 24.3 Å². The molecule has 0 radical (unpaired) electrons. The van der Waals surface area contributed by atoms with Gasteiger partial charge in [0.05, 0.1) is 18.2 Å². The molecule has 108 valence electrons. The standard InChI is InChI=1S/C17H24N2O/c1-13(2)16(17(12-20)8-3-9-17)19-11-15-6-4-14(10-18)5-7-15/h4-7,13,16,19-20H,3,8-9,11-12H2,1-2H3/t16-/m0/s1. The van der Waals surface area contributed by atoms with E-state index in [2.05, 4.69) is 25.2 Å². The molecule has 2 N–H and O–H groups in total. The number of nitrogens with one attached hydrogen (secondary N) is 1. The number of nitriles is 1. The van der Waals surface area contributed by atoms with Gasteiger partial charge in [0.1, 0.15) is 0 Å². The Balaban J connectivity index is 2.00. The Morgan fingerprint density at radius 2 is 1.95 bits per heavy atom. The molecule has 1 atom stereocenters. The lowest BCUT2D eigenvalue weighted by atomic mass is 9.62. The maximum atomic E-state index is 9.75. The summed E-state index contributed by atoms with van der Waals surface area (Å²) in [4.78, 5) is 0. The van der Waals surface area contributed by atoms with Crippen molar-refractivity contribution < 1.29 is 5.11 Å². The lowest BCUT2D eigenvalue weighted by Crippen LogP contribution is -2.54. The minimum atomic E-state index is 0.0702. The van der Waals surface area contributed by atoms with Crippen molar-refractivity contribution in [2.45, 2.75) is 45.7 Å². The zero-order valence-corrected chi connectivity index (χ0v) is 12.4. The number of rotatable bonds is 6. The topological polar surface area (TPSA) is 56.0 Å². The molecular formula is C17H24N2O. The highest BCUT2D eigenvalue weighted by Gasteiger charge is 2.44. The second kappa shape index (κ2) is 6.39. The molecule has 0 aliphatic heterocycles. The zero-order chi connectivity index (χ0) is 14.6. The largest absolute Gasteiger partial charge is 0.396 e. The van der Waals surface area contributed by atoms with Crippen LogP contribution in [0, 0.1) is 22.7 Å². The second-order valence-corrected chi connectivity index (χ2v) is 6.29. The molecule has 2 rings (SSSR count). The number of aliphatic hydroxyl groups is 1. The van der Waals surface area contributed by atoms with Crippen LogP contribution < -0.4 is 5.32 Å². The summed E-state index contributed by atoms with van der Waals surface area (Å²) >= 11 is 0. The third kappa shape index (κ3) is 3.03. The Bertz CT molecular complexity index is 463. The van der Waals surface area contributed by atoms with Gasteiger partial charge >= 0.3 is 0 Å². The lowest BCUT2D eigenvalue weighted by Gasteiger charge is -2.48. The first-order chi connectivity index (χ1) is 9.61. The van der Waals surface area contributed by atoms with E-state index in [9.17, 15) is 5.11 Å². The number of benzene rings is 1. The van der Waals surface area contributed by atoms with Crippen LogP contribution in [-0.4, -0.2) is 17.8 Å². The monoisotopic (exact) mass is 272 g/mol. The molecule has 3 heteroatoms. The third-order valence-corrected chi connectivity index (χ3v) is 4.60. The van der Waals surface area contributed by atoms with Gasteiger partial charge in [-0.2, -0.15) is 5.26 Å². The van der Waals surface area contributed by atoms with Crippen molar-refractivity contribution in [3.63, 3.8) is 0 Å². The van der Waals surface area contributed by atoms with Gasteiger partial charge in [-0.1, -0.05) is 32.4 Å². The van der Waals surface area contributed by atoms with E-state index in [4.69, 9.17) is 5.26 Å². The fraction of sp³-hybridized carbons (Fsp3) is 0.588. The average molecular weight is 272 g/mol. The minimum absolute atomic E-state index is 0.0702. The highest BCUT2D eigenvalue weighted by Crippen LogP contribution is 2.45. The van der Waals surface area contributed by atoms with Crippen LogP contribution in [0.25, 0.3) is 0 Å². The van der Waals surface area contributed by atoms with Crippen LogP contribution in [0.3, 0.4) is 0 Å². The Morgan fingerprint density at radius 1 is 1.30 bits per heavy atom. The van der Waals surface area contributed by atoms with E-state index in [1.165, 1.54) is 12.0 Å².